The maximum atomic E-state index is 13.5. The van der Waals surface area contributed by atoms with Gasteiger partial charge in [0, 0.05) is 24.8 Å². The molecule has 0 bridgehead atoms. The molecule has 6 atom stereocenters. The summed E-state index contributed by atoms with van der Waals surface area (Å²) in [6.45, 7) is 7.34. The van der Waals surface area contributed by atoms with Gasteiger partial charge in [0.25, 0.3) is 0 Å². The summed E-state index contributed by atoms with van der Waals surface area (Å²) in [5.74, 6) is 3.34. The molecular formula is C31H39NO4. The van der Waals surface area contributed by atoms with E-state index in [9.17, 15) is 9.59 Å². The molecule has 3 aliphatic carbocycles. The number of carbonyl (C=O) groups is 2. The van der Waals surface area contributed by atoms with Crippen molar-refractivity contribution in [1.82, 2.24) is 4.90 Å². The number of hydrogen-bond donors (Lipinski definition) is 0. The fraction of sp³-hybridized carbons (Fsp3) is 0.548. The van der Waals surface area contributed by atoms with Crippen LogP contribution in [-0.2, 0) is 16.0 Å². The van der Waals surface area contributed by atoms with Crippen LogP contribution in [0.4, 0.5) is 0 Å². The van der Waals surface area contributed by atoms with Gasteiger partial charge in [0.15, 0.2) is 0 Å². The monoisotopic (exact) mass is 489 g/mol. The minimum Gasteiger partial charge on any atom is -0.492 e. The lowest BCUT2D eigenvalue weighted by atomic mass is 9.51. The van der Waals surface area contributed by atoms with Gasteiger partial charge in [-0.2, -0.15) is 0 Å². The third-order valence-corrected chi connectivity index (χ3v) is 9.09. The van der Waals surface area contributed by atoms with Gasteiger partial charge in [-0.15, -0.1) is 0 Å². The Labute approximate surface area is 215 Å². The van der Waals surface area contributed by atoms with Gasteiger partial charge in [0.2, 0.25) is 0 Å². The number of fused-ring (bicyclic) bond motifs is 5. The van der Waals surface area contributed by atoms with Crippen LogP contribution < -0.4 is 9.47 Å². The van der Waals surface area contributed by atoms with Crippen molar-refractivity contribution in [2.75, 3.05) is 27.2 Å². The van der Waals surface area contributed by atoms with Crippen molar-refractivity contribution in [3.05, 3.63) is 59.2 Å². The molecule has 5 nitrogen and oxygen atoms in total. The van der Waals surface area contributed by atoms with E-state index in [2.05, 4.69) is 55.1 Å². The van der Waals surface area contributed by atoms with Crippen molar-refractivity contribution in [3.8, 4) is 11.5 Å². The Morgan fingerprint density at radius 2 is 1.83 bits per heavy atom. The Bertz CT molecular complexity index is 1140. The van der Waals surface area contributed by atoms with Gasteiger partial charge < -0.3 is 14.4 Å². The smallest absolute Gasteiger partial charge is 0.308 e. The highest BCUT2D eigenvalue weighted by Gasteiger charge is 2.59. The molecule has 2 aromatic carbocycles. The van der Waals surface area contributed by atoms with E-state index in [1.165, 1.54) is 23.6 Å². The SMILES string of the molecule is CC(=O)Oc1ccc2c(c1)CCC1C2[C@@H](c2ccc(OCCN(C)C)cc2)C[C@]2(C)C(=O)C(C)CC12. The maximum Gasteiger partial charge on any atom is 0.308 e. The first-order chi connectivity index (χ1) is 17.2. The summed E-state index contributed by atoms with van der Waals surface area (Å²) < 4.78 is 11.4. The molecule has 0 amide bonds. The molecule has 5 heteroatoms. The number of likely N-dealkylation sites (N-methyl/N-ethyl adjacent to an activating group) is 1. The number of carbonyl (C=O) groups excluding carboxylic acids is 2. The molecule has 2 aromatic rings. The predicted molar refractivity (Wildman–Crippen MR) is 141 cm³/mol. The van der Waals surface area contributed by atoms with E-state index >= 15 is 0 Å². The number of rotatable bonds is 6. The highest BCUT2D eigenvalue weighted by Crippen LogP contribution is 2.64. The summed E-state index contributed by atoms with van der Waals surface area (Å²) in [6.07, 6.45) is 3.92. The summed E-state index contributed by atoms with van der Waals surface area (Å²) >= 11 is 0. The van der Waals surface area contributed by atoms with Crippen molar-refractivity contribution in [1.29, 1.82) is 0 Å². The number of esters is 1. The van der Waals surface area contributed by atoms with Gasteiger partial charge in [0.05, 0.1) is 0 Å². The molecule has 2 fully saturated rings. The number of nitrogens with zero attached hydrogens (tertiary/aromatic N) is 1. The Morgan fingerprint density at radius 1 is 1.11 bits per heavy atom. The highest BCUT2D eigenvalue weighted by atomic mass is 16.5. The fourth-order valence-electron chi connectivity index (χ4n) is 7.51. The van der Waals surface area contributed by atoms with E-state index in [-0.39, 0.29) is 23.2 Å². The van der Waals surface area contributed by atoms with Crippen molar-refractivity contribution >= 4 is 11.8 Å². The van der Waals surface area contributed by atoms with Gasteiger partial charge in [-0.1, -0.05) is 32.0 Å². The van der Waals surface area contributed by atoms with Crippen LogP contribution in [0.1, 0.15) is 68.6 Å². The second-order valence-electron chi connectivity index (χ2n) is 11.7. The summed E-state index contributed by atoms with van der Waals surface area (Å²) in [6, 6.07) is 14.8. The second kappa shape index (κ2) is 9.66. The summed E-state index contributed by atoms with van der Waals surface area (Å²) in [5, 5.41) is 0. The number of hydrogen-bond acceptors (Lipinski definition) is 5. The molecule has 0 saturated heterocycles. The van der Waals surface area contributed by atoms with Crippen LogP contribution in [0.25, 0.3) is 0 Å². The molecule has 192 valence electrons. The number of Topliss-reactive ketones (excluding diaryl/α,β-unsaturated/α-hetero) is 1. The quantitative estimate of drug-likeness (QED) is 0.390. The summed E-state index contributed by atoms with van der Waals surface area (Å²) in [4.78, 5) is 27.1. The van der Waals surface area contributed by atoms with E-state index in [4.69, 9.17) is 9.47 Å². The minimum atomic E-state index is -0.290. The Hall–Kier alpha value is -2.66. The molecule has 0 spiro atoms. The van der Waals surface area contributed by atoms with Gasteiger partial charge in [-0.25, -0.2) is 0 Å². The van der Waals surface area contributed by atoms with Crippen molar-refractivity contribution < 1.29 is 19.1 Å². The average Bonchev–Trinajstić information content (AvgIpc) is 3.07. The first kappa shape index (κ1) is 25.0. The number of benzene rings is 2. The lowest BCUT2D eigenvalue weighted by Crippen LogP contribution is -2.46. The van der Waals surface area contributed by atoms with E-state index in [1.54, 1.807) is 0 Å². The van der Waals surface area contributed by atoms with Crippen molar-refractivity contribution in [2.24, 2.45) is 23.2 Å². The first-order valence-corrected chi connectivity index (χ1v) is 13.4. The Morgan fingerprint density at radius 3 is 2.53 bits per heavy atom. The number of ether oxygens (including phenoxy) is 2. The zero-order chi connectivity index (χ0) is 25.6. The Balaban J connectivity index is 1.50. The van der Waals surface area contributed by atoms with E-state index in [0.29, 0.717) is 35.9 Å². The van der Waals surface area contributed by atoms with Crippen LogP contribution in [0.5, 0.6) is 11.5 Å². The standard InChI is InChI=1S/C31H39NO4/c1-19-16-28-26-12-8-22-17-24(36-20(2)33)11-13-25(22)29(26)27(18-31(28,3)30(19)34)21-6-9-23(10-7-21)35-15-14-32(4)5/h6-7,9-11,13,17,19,26-29H,8,12,14-16,18H2,1-5H3/t19?,26?,27-,28?,29?,31+/m1/s1. The van der Waals surface area contributed by atoms with Crippen molar-refractivity contribution in [2.45, 2.75) is 58.3 Å². The third kappa shape index (κ3) is 4.47. The first-order valence-electron chi connectivity index (χ1n) is 13.4. The number of ketones is 1. The van der Waals surface area contributed by atoms with Gasteiger partial charge in [-0.05, 0) is 104 Å². The van der Waals surface area contributed by atoms with Crippen LogP contribution in [0.3, 0.4) is 0 Å². The van der Waals surface area contributed by atoms with E-state index in [1.807, 2.05) is 20.2 Å². The van der Waals surface area contributed by atoms with Crippen LogP contribution >= 0.6 is 0 Å². The van der Waals surface area contributed by atoms with Crippen LogP contribution in [0.2, 0.25) is 0 Å². The molecule has 0 N–H and O–H groups in total. The van der Waals surface area contributed by atoms with Crippen LogP contribution in [-0.4, -0.2) is 43.9 Å². The molecular weight excluding hydrogens is 450 g/mol. The average molecular weight is 490 g/mol. The van der Waals surface area contributed by atoms with Crippen molar-refractivity contribution in [3.63, 3.8) is 0 Å². The molecule has 2 saturated carbocycles. The highest BCUT2D eigenvalue weighted by molar-refractivity contribution is 5.89. The fourth-order valence-corrected chi connectivity index (χ4v) is 7.51. The summed E-state index contributed by atoms with van der Waals surface area (Å²) in [7, 11) is 4.09. The van der Waals surface area contributed by atoms with Gasteiger partial charge >= 0.3 is 5.97 Å². The largest absolute Gasteiger partial charge is 0.492 e. The zero-order valence-electron chi connectivity index (χ0n) is 22.3. The van der Waals surface area contributed by atoms with E-state index in [0.717, 1.165) is 38.0 Å². The van der Waals surface area contributed by atoms with Crippen LogP contribution in [0.15, 0.2) is 42.5 Å². The summed E-state index contributed by atoms with van der Waals surface area (Å²) in [5.41, 5.74) is 3.67. The molecule has 3 aliphatic rings. The Kier molecular flexibility index (Phi) is 6.71. The van der Waals surface area contributed by atoms with Crippen LogP contribution in [0, 0.1) is 23.2 Å². The topological polar surface area (TPSA) is 55.8 Å². The zero-order valence-corrected chi connectivity index (χ0v) is 22.3. The molecule has 4 unspecified atom stereocenters. The minimum absolute atomic E-state index is 0.139. The molecule has 0 heterocycles. The maximum absolute atomic E-state index is 13.5. The normalized spacial score (nSPS) is 30.9. The molecule has 5 rings (SSSR count). The second-order valence-corrected chi connectivity index (χ2v) is 11.7. The molecule has 36 heavy (non-hydrogen) atoms. The molecule has 0 aliphatic heterocycles. The van der Waals surface area contributed by atoms with E-state index < -0.39 is 0 Å². The van der Waals surface area contributed by atoms with Gasteiger partial charge in [-0.3, -0.25) is 9.59 Å². The molecule has 0 aromatic heterocycles. The lowest BCUT2D eigenvalue weighted by molar-refractivity contribution is -0.132. The predicted octanol–water partition coefficient (Wildman–Crippen LogP) is 5.62. The lowest BCUT2D eigenvalue weighted by Gasteiger charge is -2.52. The van der Waals surface area contributed by atoms with Gasteiger partial charge in [0.1, 0.15) is 23.9 Å². The number of aryl methyl sites for hydroxylation is 1. The third-order valence-electron chi connectivity index (χ3n) is 9.09. The molecule has 0 radical (unpaired) electrons.